The smallest absolute Gasteiger partial charge is 0.395 e. The Bertz CT molecular complexity index is 364. The van der Waals surface area contributed by atoms with Gasteiger partial charge < -0.3 is 10.8 Å². The summed E-state index contributed by atoms with van der Waals surface area (Å²) < 4.78 is 49.7. The molecular weight excluding hydrogens is 226 g/mol. The molecule has 3 N–H and O–H groups in total. The van der Waals surface area contributed by atoms with Crippen LogP contribution in [0.1, 0.15) is 11.1 Å². The third kappa shape index (κ3) is 3.18. The molecule has 0 fully saturated rings. The van der Waals surface area contributed by atoms with E-state index in [9.17, 15) is 17.6 Å². The van der Waals surface area contributed by atoms with Crippen molar-refractivity contribution in [2.45, 2.75) is 18.6 Å². The molecule has 0 amide bonds. The molecule has 0 bridgehead atoms. The topological polar surface area (TPSA) is 46.2 Å². The lowest BCUT2D eigenvalue weighted by atomic mass is 10.0. The van der Waals surface area contributed by atoms with E-state index in [0.717, 1.165) is 12.1 Å². The molecular formula is C10H11F4NO. The molecule has 1 aromatic rings. The summed E-state index contributed by atoms with van der Waals surface area (Å²) in [5.74, 6) is -1.32. The molecule has 90 valence electrons. The average molecular weight is 237 g/mol. The van der Waals surface area contributed by atoms with Crippen LogP contribution in [0.5, 0.6) is 0 Å². The fourth-order valence-corrected chi connectivity index (χ4v) is 1.28. The highest BCUT2D eigenvalue weighted by atomic mass is 19.4. The fraction of sp³-hybridized carbons (Fsp3) is 0.400. The molecule has 2 nitrogen and oxygen atoms in total. The molecule has 0 aromatic heterocycles. The Balaban J connectivity index is 2.91. The van der Waals surface area contributed by atoms with Crippen LogP contribution in [-0.4, -0.2) is 17.8 Å². The highest BCUT2D eigenvalue weighted by molar-refractivity contribution is 5.27. The van der Waals surface area contributed by atoms with Crippen LogP contribution in [0, 0.1) is 5.82 Å². The van der Waals surface area contributed by atoms with Gasteiger partial charge >= 0.3 is 6.18 Å². The van der Waals surface area contributed by atoms with Crippen LogP contribution < -0.4 is 5.73 Å². The van der Waals surface area contributed by atoms with Gasteiger partial charge in [-0.05, 0) is 24.1 Å². The van der Waals surface area contributed by atoms with Gasteiger partial charge in [0.1, 0.15) is 5.82 Å². The quantitative estimate of drug-likeness (QED) is 0.786. The van der Waals surface area contributed by atoms with Gasteiger partial charge in [0.15, 0.2) is 0 Å². The maximum atomic E-state index is 13.1. The minimum Gasteiger partial charge on any atom is -0.395 e. The van der Waals surface area contributed by atoms with Gasteiger partial charge in [0, 0.05) is 6.04 Å². The maximum absolute atomic E-state index is 13.1. The van der Waals surface area contributed by atoms with Gasteiger partial charge in [-0.1, -0.05) is 6.07 Å². The molecule has 0 aliphatic carbocycles. The van der Waals surface area contributed by atoms with Crippen molar-refractivity contribution in [1.29, 1.82) is 0 Å². The van der Waals surface area contributed by atoms with Gasteiger partial charge in [-0.2, -0.15) is 13.2 Å². The van der Waals surface area contributed by atoms with E-state index in [-0.39, 0.29) is 13.0 Å². The minimum absolute atomic E-state index is 0.131. The molecule has 6 heteroatoms. The van der Waals surface area contributed by atoms with E-state index in [2.05, 4.69) is 0 Å². The Kier molecular flexibility index (Phi) is 3.88. The zero-order valence-corrected chi connectivity index (χ0v) is 8.26. The SMILES string of the molecule is NC(CO)Cc1ccc(C(F)(F)F)c(F)c1. The maximum Gasteiger partial charge on any atom is 0.419 e. The van der Waals surface area contributed by atoms with Crippen LogP contribution in [0.4, 0.5) is 17.6 Å². The number of aliphatic hydroxyl groups excluding tert-OH is 1. The second-order valence-electron chi connectivity index (χ2n) is 3.46. The Morgan fingerprint density at radius 2 is 1.94 bits per heavy atom. The molecule has 16 heavy (non-hydrogen) atoms. The lowest BCUT2D eigenvalue weighted by molar-refractivity contribution is -0.140. The minimum atomic E-state index is -4.69. The first kappa shape index (κ1) is 12.9. The standard InChI is InChI=1S/C10H11F4NO/c11-9-4-6(3-7(15)5-16)1-2-8(9)10(12,13)14/h1-2,4,7,16H,3,5,15H2. The van der Waals surface area contributed by atoms with Crippen molar-refractivity contribution in [2.24, 2.45) is 5.73 Å². The molecule has 0 radical (unpaired) electrons. The largest absolute Gasteiger partial charge is 0.419 e. The molecule has 0 spiro atoms. The average Bonchev–Trinajstić information content (AvgIpc) is 2.15. The fourth-order valence-electron chi connectivity index (χ4n) is 1.28. The zero-order chi connectivity index (χ0) is 12.3. The van der Waals surface area contributed by atoms with E-state index in [4.69, 9.17) is 10.8 Å². The van der Waals surface area contributed by atoms with Crippen LogP contribution in [-0.2, 0) is 12.6 Å². The molecule has 0 heterocycles. The van der Waals surface area contributed by atoms with Crippen molar-refractivity contribution in [3.8, 4) is 0 Å². The Labute approximate surface area is 89.7 Å². The predicted octanol–water partition coefficient (Wildman–Crippen LogP) is 1.71. The lowest BCUT2D eigenvalue weighted by Crippen LogP contribution is -2.26. The highest BCUT2D eigenvalue weighted by Gasteiger charge is 2.33. The monoisotopic (exact) mass is 237 g/mol. The second kappa shape index (κ2) is 4.80. The van der Waals surface area contributed by atoms with E-state index in [0.29, 0.717) is 11.6 Å². The molecule has 0 aliphatic rings. The van der Waals surface area contributed by atoms with Gasteiger partial charge in [-0.3, -0.25) is 0 Å². The molecule has 1 unspecified atom stereocenters. The molecule has 0 saturated heterocycles. The third-order valence-corrected chi connectivity index (χ3v) is 2.07. The Morgan fingerprint density at radius 1 is 1.31 bits per heavy atom. The van der Waals surface area contributed by atoms with Crippen LogP contribution in [0.15, 0.2) is 18.2 Å². The van der Waals surface area contributed by atoms with E-state index in [1.165, 1.54) is 0 Å². The van der Waals surface area contributed by atoms with E-state index in [1.54, 1.807) is 0 Å². The number of alkyl halides is 3. The number of aliphatic hydroxyl groups is 1. The van der Waals surface area contributed by atoms with Crippen LogP contribution in [0.3, 0.4) is 0 Å². The van der Waals surface area contributed by atoms with Gasteiger partial charge in [-0.25, -0.2) is 4.39 Å². The number of hydrogen-bond donors (Lipinski definition) is 2. The van der Waals surface area contributed by atoms with Gasteiger partial charge in [0.2, 0.25) is 0 Å². The molecule has 1 atom stereocenters. The number of hydrogen-bond acceptors (Lipinski definition) is 2. The summed E-state index contributed by atoms with van der Waals surface area (Å²) in [4.78, 5) is 0. The summed E-state index contributed by atoms with van der Waals surface area (Å²) in [6.45, 7) is -0.303. The van der Waals surface area contributed by atoms with Crippen LogP contribution in [0.25, 0.3) is 0 Å². The van der Waals surface area contributed by atoms with Crippen molar-refractivity contribution in [3.63, 3.8) is 0 Å². The number of benzene rings is 1. The van der Waals surface area contributed by atoms with Gasteiger partial charge in [0.25, 0.3) is 0 Å². The Hall–Kier alpha value is -1.14. The third-order valence-electron chi connectivity index (χ3n) is 2.07. The summed E-state index contributed by atoms with van der Waals surface area (Å²) in [7, 11) is 0. The van der Waals surface area contributed by atoms with Crippen LogP contribution in [0.2, 0.25) is 0 Å². The van der Waals surface area contributed by atoms with Crippen molar-refractivity contribution in [3.05, 3.63) is 35.1 Å². The summed E-state index contributed by atoms with van der Waals surface area (Å²) in [5.41, 5.74) is 4.41. The Morgan fingerprint density at radius 3 is 2.38 bits per heavy atom. The van der Waals surface area contributed by atoms with E-state index in [1.807, 2.05) is 0 Å². The van der Waals surface area contributed by atoms with Gasteiger partial charge in [-0.15, -0.1) is 0 Å². The summed E-state index contributed by atoms with van der Waals surface area (Å²) in [6.07, 6.45) is -4.56. The predicted molar refractivity (Wildman–Crippen MR) is 50.2 cm³/mol. The summed E-state index contributed by atoms with van der Waals surface area (Å²) >= 11 is 0. The van der Waals surface area contributed by atoms with E-state index < -0.39 is 23.6 Å². The molecule has 1 rings (SSSR count). The van der Waals surface area contributed by atoms with Crippen LogP contribution >= 0.6 is 0 Å². The second-order valence-corrected chi connectivity index (χ2v) is 3.46. The normalized spacial score (nSPS) is 13.9. The van der Waals surface area contributed by atoms with Crippen molar-refractivity contribution >= 4 is 0 Å². The number of halogens is 4. The van der Waals surface area contributed by atoms with Crippen molar-refractivity contribution in [1.82, 2.24) is 0 Å². The summed E-state index contributed by atoms with van der Waals surface area (Å²) in [6, 6.07) is 2.02. The number of rotatable bonds is 3. The lowest BCUT2D eigenvalue weighted by Gasteiger charge is -2.11. The molecule has 0 aliphatic heterocycles. The van der Waals surface area contributed by atoms with Gasteiger partial charge in [0.05, 0.1) is 12.2 Å². The molecule has 0 saturated carbocycles. The first-order valence-electron chi connectivity index (χ1n) is 4.56. The van der Waals surface area contributed by atoms with Crippen molar-refractivity contribution < 1.29 is 22.7 Å². The summed E-state index contributed by atoms with van der Waals surface area (Å²) in [5, 5.41) is 8.65. The van der Waals surface area contributed by atoms with E-state index >= 15 is 0 Å². The molecule has 1 aromatic carbocycles. The van der Waals surface area contributed by atoms with Crippen molar-refractivity contribution in [2.75, 3.05) is 6.61 Å². The first-order chi connectivity index (χ1) is 7.34. The highest BCUT2D eigenvalue weighted by Crippen LogP contribution is 2.31. The number of nitrogens with two attached hydrogens (primary N) is 1. The first-order valence-corrected chi connectivity index (χ1v) is 4.56. The zero-order valence-electron chi connectivity index (χ0n) is 8.26.